The second-order valence-electron chi connectivity index (χ2n) is 4.45. The molecule has 0 aliphatic carbocycles. The van der Waals surface area contributed by atoms with Crippen molar-refractivity contribution in [3.05, 3.63) is 47.3 Å². The van der Waals surface area contributed by atoms with E-state index in [9.17, 15) is 0 Å². The largest absolute Gasteiger partial charge is 0.370 e. The van der Waals surface area contributed by atoms with Crippen LogP contribution in [0.25, 0.3) is 0 Å². The highest BCUT2D eigenvalue weighted by Gasteiger charge is 2.00. The molecule has 6 heteroatoms. The van der Waals surface area contributed by atoms with Gasteiger partial charge in [0.25, 0.3) is 0 Å². The highest BCUT2D eigenvalue weighted by Crippen LogP contribution is 2.05. The minimum Gasteiger partial charge on any atom is -0.370 e. The van der Waals surface area contributed by atoms with Gasteiger partial charge in [0.15, 0.2) is 5.96 Å². The molecule has 0 saturated carbocycles. The van der Waals surface area contributed by atoms with E-state index in [1.165, 1.54) is 11.1 Å². The van der Waals surface area contributed by atoms with Crippen LogP contribution in [-0.4, -0.2) is 21.0 Å². The molecule has 0 bridgehead atoms. The Morgan fingerprint density at radius 2 is 2.00 bits per heavy atom. The number of hydrogen-bond acceptors (Lipinski definition) is 3. The summed E-state index contributed by atoms with van der Waals surface area (Å²) in [7, 11) is 0. The maximum atomic E-state index is 5.27. The molecular weight excluding hydrogens is 240 g/mol. The number of aromatic nitrogens is 3. The first kappa shape index (κ1) is 13.1. The third-order valence-corrected chi connectivity index (χ3v) is 2.76. The molecule has 4 N–H and O–H groups in total. The fraction of sp³-hybridized carbons (Fsp3) is 0.308. The minimum atomic E-state index is 0.0641. The molecular formula is C13H18N6. The Morgan fingerprint density at radius 1 is 1.26 bits per heavy atom. The molecule has 1 aromatic heterocycles. The van der Waals surface area contributed by atoms with Crippen molar-refractivity contribution in [3.8, 4) is 0 Å². The number of benzene rings is 1. The van der Waals surface area contributed by atoms with Gasteiger partial charge >= 0.3 is 0 Å². The number of aliphatic imine (C=N–C) groups is 1. The summed E-state index contributed by atoms with van der Waals surface area (Å²) in [5.74, 6) is 0.0641. The van der Waals surface area contributed by atoms with Crippen molar-refractivity contribution in [1.29, 1.82) is 0 Å². The SMILES string of the molecule is Cc1ccc(CCn2cc(CN=C(N)N)nn2)cc1. The van der Waals surface area contributed by atoms with E-state index in [1.807, 2.05) is 6.20 Å². The number of hydrogen-bond donors (Lipinski definition) is 2. The Bertz CT molecular complexity index is 551. The average Bonchev–Trinajstić information content (AvgIpc) is 2.84. The van der Waals surface area contributed by atoms with Gasteiger partial charge in [-0.3, -0.25) is 4.68 Å². The zero-order valence-electron chi connectivity index (χ0n) is 11.0. The zero-order valence-corrected chi connectivity index (χ0v) is 11.0. The predicted octanol–water partition coefficient (Wildman–Crippen LogP) is 0.603. The second kappa shape index (κ2) is 5.99. The van der Waals surface area contributed by atoms with Crippen LogP contribution in [0.1, 0.15) is 16.8 Å². The van der Waals surface area contributed by atoms with Crippen molar-refractivity contribution in [3.63, 3.8) is 0 Å². The fourth-order valence-corrected chi connectivity index (χ4v) is 1.69. The van der Waals surface area contributed by atoms with Gasteiger partial charge in [-0.15, -0.1) is 5.10 Å². The van der Waals surface area contributed by atoms with Crippen LogP contribution in [0, 0.1) is 6.92 Å². The van der Waals surface area contributed by atoms with E-state index < -0.39 is 0 Å². The number of nitrogens with zero attached hydrogens (tertiary/aromatic N) is 4. The van der Waals surface area contributed by atoms with Crippen LogP contribution in [0.5, 0.6) is 0 Å². The highest BCUT2D eigenvalue weighted by molar-refractivity contribution is 5.75. The Balaban J connectivity index is 1.89. The van der Waals surface area contributed by atoms with Crippen molar-refractivity contribution in [2.45, 2.75) is 26.4 Å². The molecule has 0 aliphatic rings. The normalized spacial score (nSPS) is 10.4. The smallest absolute Gasteiger partial charge is 0.186 e. The summed E-state index contributed by atoms with van der Waals surface area (Å²) in [6, 6.07) is 8.49. The summed E-state index contributed by atoms with van der Waals surface area (Å²) in [5, 5.41) is 8.05. The van der Waals surface area contributed by atoms with Crippen molar-refractivity contribution in [1.82, 2.24) is 15.0 Å². The lowest BCUT2D eigenvalue weighted by Gasteiger charge is -2.01. The van der Waals surface area contributed by atoms with E-state index >= 15 is 0 Å². The maximum Gasteiger partial charge on any atom is 0.186 e. The van der Waals surface area contributed by atoms with Gasteiger partial charge < -0.3 is 11.5 Å². The van der Waals surface area contributed by atoms with Crippen LogP contribution in [0.15, 0.2) is 35.5 Å². The van der Waals surface area contributed by atoms with Gasteiger partial charge in [-0.1, -0.05) is 35.0 Å². The van der Waals surface area contributed by atoms with Gasteiger partial charge in [0.1, 0.15) is 5.69 Å². The van der Waals surface area contributed by atoms with Crippen molar-refractivity contribution in [2.75, 3.05) is 0 Å². The second-order valence-corrected chi connectivity index (χ2v) is 4.45. The Hall–Kier alpha value is -2.37. The molecule has 100 valence electrons. The van der Waals surface area contributed by atoms with E-state index in [0.29, 0.717) is 6.54 Å². The van der Waals surface area contributed by atoms with Gasteiger partial charge in [-0.2, -0.15) is 0 Å². The summed E-state index contributed by atoms with van der Waals surface area (Å²) < 4.78 is 1.80. The molecule has 6 nitrogen and oxygen atoms in total. The summed E-state index contributed by atoms with van der Waals surface area (Å²) in [5.41, 5.74) is 13.8. The number of rotatable bonds is 5. The third-order valence-electron chi connectivity index (χ3n) is 2.76. The molecule has 2 rings (SSSR count). The molecule has 0 radical (unpaired) electrons. The topological polar surface area (TPSA) is 95.1 Å². The van der Waals surface area contributed by atoms with Crippen molar-refractivity contribution >= 4 is 5.96 Å². The average molecular weight is 258 g/mol. The summed E-state index contributed by atoms with van der Waals surface area (Å²) in [6.07, 6.45) is 2.78. The summed E-state index contributed by atoms with van der Waals surface area (Å²) in [4.78, 5) is 3.89. The first-order valence-electron chi connectivity index (χ1n) is 6.13. The molecule has 19 heavy (non-hydrogen) atoms. The first-order valence-corrected chi connectivity index (χ1v) is 6.13. The molecule has 1 aromatic carbocycles. The van der Waals surface area contributed by atoms with E-state index in [4.69, 9.17) is 11.5 Å². The quantitative estimate of drug-likeness (QED) is 0.606. The molecule has 0 amide bonds. The molecule has 0 spiro atoms. The van der Waals surface area contributed by atoms with Gasteiger partial charge in [0.05, 0.1) is 12.7 Å². The molecule has 0 aliphatic heterocycles. The molecule has 0 atom stereocenters. The third kappa shape index (κ3) is 4.09. The van der Waals surface area contributed by atoms with Gasteiger partial charge in [0, 0.05) is 6.54 Å². The lowest BCUT2D eigenvalue weighted by molar-refractivity contribution is 0.589. The van der Waals surface area contributed by atoms with E-state index in [0.717, 1.165) is 18.7 Å². The van der Waals surface area contributed by atoms with Crippen LogP contribution in [0.3, 0.4) is 0 Å². The van der Waals surface area contributed by atoms with Crippen LogP contribution < -0.4 is 11.5 Å². The molecule has 0 saturated heterocycles. The van der Waals surface area contributed by atoms with Gasteiger partial charge in [0.2, 0.25) is 0 Å². The van der Waals surface area contributed by atoms with Crippen LogP contribution in [0.2, 0.25) is 0 Å². The van der Waals surface area contributed by atoms with Gasteiger partial charge in [-0.05, 0) is 18.9 Å². The predicted molar refractivity (Wildman–Crippen MR) is 74.4 cm³/mol. The number of guanidine groups is 1. The van der Waals surface area contributed by atoms with Crippen LogP contribution in [-0.2, 0) is 19.5 Å². The Kier molecular flexibility index (Phi) is 4.12. The van der Waals surface area contributed by atoms with E-state index in [2.05, 4.69) is 46.5 Å². The van der Waals surface area contributed by atoms with Crippen molar-refractivity contribution in [2.24, 2.45) is 16.5 Å². The molecule has 0 fully saturated rings. The number of nitrogens with two attached hydrogens (primary N) is 2. The number of aryl methyl sites for hydroxylation is 3. The zero-order chi connectivity index (χ0) is 13.7. The van der Waals surface area contributed by atoms with Crippen LogP contribution >= 0.6 is 0 Å². The van der Waals surface area contributed by atoms with Crippen molar-refractivity contribution < 1.29 is 0 Å². The lowest BCUT2D eigenvalue weighted by Crippen LogP contribution is -2.22. The monoisotopic (exact) mass is 258 g/mol. The Labute approximate surface area is 112 Å². The fourth-order valence-electron chi connectivity index (χ4n) is 1.69. The molecule has 1 heterocycles. The highest BCUT2D eigenvalue weighted by atomic mass is 15.4. The van der Waals surface area contributed by atoms with Crippen LogP contribution in [0.4, 0.5) is 0 Å². The summed E-state index contributed by atoms with van der Waals surface area (Å²) >= 11 is 0. The van der Waals surface area contributed by atoms with E-state index in [1.54, 1.807) is 4.68 Å². The minimum absolute atomic E-state index is 0.0641. The summed E-state index contributed by atoms with van der Waals surface area (Å²) in [6.45, 7) is 3.24. The first-order chi connectivity index (χ1) is 9.13. The maximum absolute atomic E-state index is 5.27. The molecule has 2 aromatic rings. The van der Waals surface area contributed by atoms with Gasteiger partial charge in [-0.25, -0.2) is 4.99 Å². The Morgan fingerprint density at radius 3 is 2.68 bits per heavy atom. The van der Waals surface area contributed by atoms with E-state index in [-0.39, 0.29) is 5.96 Å². The lowest BCUT2D eigenvalue weighted by atomic mass is 10.1. The molecule has 0 unspecified atom stereocenters. The standard InChI is InChI=1S/C13H18N6/c1-10-2-4-11(5-3-10)6-7-19-9-12(17-18-19)8-16-13(14)15/h2-5,9H,6-8H2,1H3,(H4,14,15,16).